The molecule has 0 aliphatic carbocycles. The summed E-state index contributed by atoms with van der Waals surface area (Å²) in [6.45, 7) is 4.85. The molecule has 0 aliphatic heterocycles. The molecule has 1 radical (unpaired) electrons. The van der Waals surface area contributed by atoms with E-state index in [-0.39, 0.29) is 26.1 Å². The number of aliphatic carboxylic acids is 3. The Kier molecular flexibility index (Phi) is 53.7. The van der Waals surface area contributed by atoms with Crippen molar-refractivity contribution < 1.29 is 54.3 Å². The number of carboxylic acid groups (broad SMARTS) is 3. The first-order valence-electron chi connectivity index (χ1n) is 3.75. The summed E-state index contributed by atoms with van der Waals surface area (Å²) in [4.78, 5) is 26.7. The van der Waals surface area contributed by atoms with Crippen molar-refractivity contribution >= 4 is 17.9 Å². The first-order valence-corrected chi connectivity index (χ1v) is 3.75. The van der Waals surface area contributed by atoms with Crippen LogP contribution in [0, 0.1) is 0 Å². The minimum absolute atomic E-state index is 0. The summed E-state index contributed by atoms with van der Waals surface area (Å²) in [6.07, 6.45) is 0. The van der Waals surface area contributed by atoms with Crippen molar-refractivity contribution in [3.8, 4) is 0 Å². The van der Waals surface area contributed by atoms with Crippen LogP contribution in [-0.2, 0) is 33.9 Å². The van der Waals surface area contributed by atoms with E-state index in [0.29, 0.717) is 0 Å². The first kappa shape index (κ1) is 29.4. The van der Waals surface area contributed by atoms with E-state index in [0.717, 1.165) is 20.8 Å². The molecule has 97 valence electrons. The van der Waals surface area contributed by atoms with E-state index in [9.17, 15) is 0 Å². The largest absolute Gasteiger partial charge is 3.00 e. The van der Waals surface area contributed by atoms with E-state index in [2.05, 4.69) is 0 Å². The van der Waals surface area contributed by atoms with Crippen molar-refractivity contribution in [1.29, 1.82) is 0 Å². The van der Waals surface area contributed by atoms with E-state index < -0.39 is 17.9 Å². The molecule has 0 aromatic carbocycles. The van der Waals surface area contributed by atoms with Crippen molar-refractivity contribution in [3.63, 3.8) is 0 Å². The molecule has 0 aromatic rings. The van der Waals surface area contributed by atoms with Gasteiger partial charge in [0, 0.05) is 24.5 Å². The van der Waals surface area contributed by atoms with Gasteiger partial charge >= 0.3 is 19.5 Å². The molecule has 16 heavy (non-hydrogen) atoms. The van der Waals surface area contributed by atoms with Gasteiger partial charge in [0.05, 0.1) is 0 Å². The van der Waals surface area contributed by atoms with Crippen LogP contribution in [0.25, 0.3) is 0 Å². The van der Waals surface area contributed by atoms with Crippen molar-refractivity contribution in [3.05, 3.63) is 0 Å². The summed E-state index contributed by atoms with van der Waals surface area (Å²) in [6, 6.07) is 0. The molecule has 0 atom stereocenters. The molecule has 7 nitrogen and oxygen atoms in total. The normalized spacial score (nSPS) is 5.81. The standard InChI is InChI=1S/3C2H4O2.C2H6O.Ru/c3*1-2(3)4;1-2-3;/h3*1H3,(H,3,4);3H,2H2,1H3;/q;;;;+3/p-3. The molecule has 0 fully saturated rings. The molecule has 0 aromatic heterocycles. The van der Waals surface area contributed by atoms with E-state index in [4.69, 9.17) is 34.8 Å². The van der Waals surface area contributed by atoms with E-state index >= 15 is 0 Å². The molecule has 0 rings (SSSR count). The van der Waals surface area contributed by atoms with Crippen molar-refractivity contribution in [2.24, 2.45) is 0 Å². The maximum atomic E-state index is 8.89. The number of hydrogen-bond acceptors (Lipinski definition) is 7. The summed E-state index contributed by atoms with van der Waals surface area (Å²) in [5, 5.41) is 34.2. The van der Waals surface area contributed by atoms with Crippen LogP contribution in [0.2, 0.25) is 0 Å². The number of rotatable bonds is 0. The molecule has 0 bridgehead atoms. The Bertz CT molecular complexity index is 129. The van der Waals surface area contributed by atoms with E-state index in [1.165, 1.54) is 0 Å². The van der Waals surface area contributed by atoms with Gasteiger partial charge in [0.2, 0.25) is 0 Å². The predicted octanol–water partition coefficient (Wildman–Crippen LogP) is -3.74. The molecule has 0 heterocycles. The summed E-state index contributed by atoms with van der Waals surface area (Å²) < 4.78 is 0. The third-order valence-corrected chi connectivity index (χ3v) is 0. The minimum Gasteiger partial charge on any atom is -0.550 e. The molecule has 0 saturated heterocycles. The molecule has 1 N–H and O–H groups in total. The summed E-state index contributed by atoms with van der Waals surface area (Å²) in [5.74, 6) is -3.25. The molecule has 0 saturated carbocycles. The van der Waals surface area contributed by atoms with Crippen molar-refractivity contribution in [1.82, 2.24) is 0 Å². The van der Waals surface area contributed by atoms with Gasteiger partial charge in [-0.1, -0.05) is 0 Å². The predicted molar refractivity (Wildman–Crippen MR) is 44.8 cm³/mol. The van der Waals surface area contributed by atoms with Gasteiger partial charge in [-0.2, -0.15) is 0 Å². The van der Waals surface area contributed by atoms with Gasteiger partial charge in [-0.3, -0.25) is 0 Å². The fraction of sp³-hybridized carbons (Fsp3) is 0.625. The first-order chi connectivity index (χ1) is 6.61. The molecule has 0 spiro atoms. The number of carbonyl (C=O) groups excluding carboxylic acids is 3. The Morgan fingerprint density at radius 2 is 0.875 bits per heavy atom. The maximum absolute atomic E-state index is 8.89. The smallest absolute Gasteiger partial charge is 0.550 e. The van der Waals surface area contributed by atoms with Crippen molar-refractivity contribution in [2.75, 3.05) is 6.61 Å². The van der Waals surface area contributed by atoms with E-state index in [1.807, 2.05) is 0 Å². The molecular weight excluding hydrogens is 309 g/mol. The van der Waals surface area contributed by atoms with Crippen LogP contribution in [0.4, 0.5) is 0 Å². The van der Waals surface area contributed by atoms with Gasteiger partial charge in [-0.05, 0) is 27.7 Å². The van der Waals surface area contributed by atoms with Crippen LogP contribution in [0.3, 0.4) is 0 Å². The molecule has 0 aliphatic rings. The van der Waals surface area contributed by atoms with Crippen LogP contribution < -0.4 is 15.3 Å². The number of hydrogen-bond donors (Lipinski definition) is 1. The Labute approximate surface area is 107 Å². The summed E-state index contributed by atoms with van der Waals surface area (Å²) in [5.41, 5.74) is 0. The Morgan fingerprint density at radius 1 is 0.875 bits per heavy atom. The zero-order valence-corrected chi connectivity index (χ0v) is 11.2. The molecular formula is C8H15O7Ru. The third kappa shape index (κ3) is 1840. The third-order valence-electron chi connectivity index (χ3n) is 0. The quantitative estimate of drug-likeness (QED) is 0.451. The van der Waals surface area contributed by atoms with Crippen LogP contribution >= 0.6 is 0 Å². The van der Waals surface area contributed by atoms with E-state index in [1.54, 1.807) is 6.92 Å². The Balaban J connectivity index is -0.0000000331. The van der Waals surface area contributed by atoms with Crippen molar-refractivity contribution in [2.45, 2.75) is 27.7 Å². The Morgan fingerprint density at radius 3 is 0.875 bits per heavy atom. The van der Waals surface area contributed by atoms with Gasteiger partial charge in [-0.25, -0.2) is 0 Å². The fourth-order valence-electron chi connectivity index (χ4n) is 0. The van der Waals surface area contributed by atoms with Crippen LogP contribution in [0.15, 0.2) is 0 Å². The zero-order valence-electron chi connectivity index (χ0n) is 9.46. The van der Waals surface area contributed by atoms with Gasteiger partial charge in [-0.15, -0.1) is 0 Å². The Hall–Kier alpha value is -1.01. The number of aliphatic hydroxyl groups excluding tert-OH is 1. The fourth-order valence-corrected chi connectivity index (χ4v) is 0. The number of carbonyl (C=O) groups is 3. The zero-order chi connectivity index (χ0) is 13.4. The summed E-state index contributed by atoms with van der Waals surface area (Å²) >= 11 is 0. The van der Waals surface area contributed by atoms with Crippen LogP contribution in [0.1, 0.15) is 27.7 Å². The summed E-state index contributed by atoms with van der Waals surface area (Å²) in [7, 11) is 0. The minimum atomic E-state index is -1.08. The topological polar surface area (TPSA) is 141 Å². The molecule has 8 heteroatoms. The second-order valence-corrected chi connectivity index (χ2v) is 1.79. The average molecular weight is 324 g/mol. The van der Waals surface area contributed by atoms with Gasteiger partial charge in [0.15, 0.2) is 0 Å². The maximum Gasteiger partial charge on any atom is 3.00 e. The van der Waals surface area contributed by atoms with Gasteiger partial charge < -0.3 is 34.8 Å². The molecule has 0 unspecified atom stereocenters. The number of aliphatic hydroxyl groups is 1. The average Bonchev–Trinajstić information content (AvgIpc) is 1.81. The monoisotopic (exact) mass is 325 g/mol. The second kappa shape index (κ2) is 29.2. The van der Waals surface area contributed by atoms with Gasteiger partial charge in [0.25, 0.3) is 0 Å². The molecule has 0 amide bonds. The number of carboxylic acids is 3. The van der Waals surface area contributed by atoms with Crippen LogP contribution in [-0.4, -0.2) is 29.6 Å². The van der Waals surface area contributed by atoms with Gasteiger partial charge in [0.1, 0.15) is 0 Å². The SMILES string of the molecule is CC(=O)[O-].CC(=O)[O-].CC(=O)[O-].CCO.[Ru+3]. The second-order valence-electron chi connectivity index (χ2n) is 1.79. The van der Waals surface area contributed by atoms with Crippen LogP contribution in [0.5, 0.6) is 0 Å².